The highest BCUT2D eigenvalue weighted by Crippen LogP contribution is 2.32. The first-order valence-corrected chi connectivity index (χ1v) is 13.9. The zero-order valence-electron chi connectivity index (χ0n) is 21.1. The molecule has 1 aromatic heterocycles. The summed E-state index contributed by atoms with van der Waals surface area (Å²) in [5, 5.41) is 6.65. The molecule has 4 rings (SSSR count). The van der Waals surface area contributed by atoms with E-state index in [-0.39, 0.29) is 29.3 Å². The molecule has 2 aliphatic rings. The Morgan fingerprint density at radius 2 is 1.86 bits per heavy atom. The van der Waals surface area contributed by atoms with Crippen molar-refractivity contribution < 1.29 is 9.59 Å². The average molecular weight is 495 g/mol. The van der Waals surface area contributed by atoms with Crippen LogP contribution in [0.5, 0.6) is 0 Å². The molecule has 0 spiro atoms. The average Bonchev–Trinajstić information content (AvgIpc) is 2.88. The molecule has 1 saturated heterocycles. The van der Waals surface area contributed by atoms with Gasteiger partial charge in [-0.1, -0.05) is 58.2 Å². The molecule has 35 heavy (non-hydrogen) atoms. The van der Waals surface area contributed by atoms with E-state index in [4.69, 9.17) is 0 Å². The molecule has 2 atom stereocenters. The summed E-state index contributed by atoms with van der Waals surface area (Å²) in [4.78, 5) is 33.9. The Balaban J connectivity index is 1.74. The number of pyridine rings is 1. The summed E-state index contributed by atoms with van der Waals surface area (Å²) >= 11 is 1.77. The Morgan fingerprint density at radius 3 is 2.46 bits per heavy atom. The van der Waals surface area contributed by atoms with Gasteiger partial charge in [-0.05, 0) is 42.0 Å². The van der Waals surface area contributed by atoms with E-state index in [0.717, 1.165) is 49.2 Å². The fourth-order valence-corrected chi connectivity index (χ4v) is 5.82. The fraction of sp³-hybridized carbons (Fsp3) is 0.536. The van der Waals surface area contributed by atoms with Gasteiger partial charge in [0.1, 0.15) is 6.04 Å². The van der Waals surface area contributed by atoms with E-state index in [2.05, 4.69) is 48.5 Å². The van der Waals surface area contributed by atoms with Crippen molar-refractivity contribution in [2.45, 2.75) is 76.4 Å². The molecule has 2 heterocycles. The van der Waals surface area contributed by atoms with Gasteiger partial charge >= 0.3 is 0 Å². The van der Waals surface area contributed by atoms with Crippen LogP contribution in [0.1, 0.15) is 70.0 Å². The van der Waals surface area contributed by atoms with Crippen molar-refractivity contribution in [2.75, 3.05) is 23.0 Å². The number of hydrogen-bond acceptors (Lipinski definition) is 5. The monoisotopic (exact) mass is 494 g/mol. The maximum Gasteiger partial charge on any atom is 0.248 e. The first-order chi connectivity index (χ1) is 16.8. The lowest BCUT2D eigenvalue weighted by Gasteiger charge is -2.36. The summed E-state index contributed by atoms with van der Waals surface area (Å²) in [5.41, 5.74) is 2.63. The van der Waals surface area contributed by atoms with Gasteiger partial charge in [-0.2, -0.15) is 11.8 Å². The summed E-state index contributed by atoms with van der Waals surface area (Å²) in [7, 11) is 0. The first-order valence-electron chi connectivity index (χ1n) is 12.8. The van der Waals surface area contributed by atoms with Crippen LogP contribution in [0.2, 0.25) is 0 Å². The Bertz CT molecular complexity index is 978. The molecular weight excluding hydrogens is 456 g/mol. The van der Waals surface area contributed by atoms with Gasteiger partial charge in [0.05, 0.1) is 6.04 Å². The first kappa shape index (κ1) is 25.7. The van der Waals surface area contributed by atoms with Gasteiger partial charge in [0.15, 0.2) is 0 Å². The maximum atomic E-state index is 14.0. The lowest BCUT2D eigenvalue weighted by atomic mass is 9.87. The molecule has 0 bridgehead atoms. The molecule has 2 N–H and O–H groups in total. The van der Waals surface area contributed by atoms with Crippen molar-refractivity contribution in [3.05, 3.63) is 59.9 Å². The van der Waals surface area contributed by atoms with Crippen LogP contribution in [0.4, 0.5) is 5.69 Å². The van der Waals surface area contributed by atoms with Crippen molar-refractivity contribution in [3.63, 3.8) is 0 Å². The number of anilines is 1. The maximum absolute atomic E-state index is 14.0. The van der Waals surface area contributed by atoms with Gasteiger partial charge < -0.3 is 10.6 Å². The third-order valence-corrected chi connectivity index (χ3v) is 7.99. The highest BCUT2D eigenvalue weighted by molar-refractivity contribution is 7.99. The SMILES string of the molecule is CC(C)(C)c1ccc(N(C(=O)C2CSCCN2)C(C(=O)NC2CCCCC2)c2cccnc2)cc1. The van der Waals surface area contributed by atoms with Crippen LogP contribution in [0.3, 0.4) is 0 Å². The van der Waals surface area contributed by atoms with E-state index >= 15 is 0 Å². The number of aromatic nitrogens is 1. The van der Waals surface area contributed by atoms with Crippen LogP contribution < -0.4 is 15.5 Å². The Morgan fingerprint density at radius 1 is 1.11 bits per heavy atom. The molecule has 2 aromatic rings. The number of benzene rings is 1. The van der Waals surface area contributed by atoms with Gasteiger partial charge in [-0.25, -0.2) is 0 Å². The number of carbonyl (C=O) groups excluding carboxylic acids is 2. The lowest BCUT2D eigenvalue weighted by Crippen LogP contribution is -2.55. The standard InChI is InChI=1S/C28H38N4O2S/c1-28(2,3)21-11-13-23(14-12-21)32(27(34)24-19-35-17-16-30-24)25(20-8-7-15-29-18-20)26(33)31-22-9-5-4-6-10-22/h7-8,11-15,18,22,24-25,30H,4-6,9-10,16-17,19H2,1-3H3,(H,31,33). The van der Waals surface area contributed by atoms with E-state index in [0.29, 0.717) is 5.75 Å². The third-order valence-electron chi connectivity index (χ3n) is 6.93. The Hall–Kier alpha value is -2.38. The predicted molar refractivity (Wildman–Crippen MR) is 144 cm³/mol. The Labute approximate surface area is 213 Å². The summed E-state index contributed by atoms with van der Waals surface area (Å²) in [6.45, 7) is 7.29. The molecule has 2 amide bonds. The van der Waals surface area contributed by atoms with E-state index < -0.39 is 6.04 Å². The molecule has 188 valence electrons. The second-order valence-electron chi connectivity index (χ2n) is 10.6. The molecule has 6 nitrogen and oxygen atoms in total. The lowest BCUT2D eigenvalue weighted by molar-refractivity contribution is -0.127. The van der Waals surface area contributed by atoms with Crippen LogP contribution in [-0.2, 0) is 15.0 Å². The normalized spacial score (nSPS) is 20.1. The van der Waals surface area contributed by atoms with Gasteiger partial charge in [0.25, 0.3) is 0 Å². The molecule has 1 aliphatic carbocycles. The number of carbonyl (C=O) groups is 2. The molecule has 2 fully saturated rings. The quantitative estimate of drug-likeness (QED) is 0.614. The van der Waals surface area contributed by atoms with E-state index in [1.165, 1.54) is 12.0 Å². The number of hydrogen-bond donors (Lipinski definition) is 2. The van der Waals surface area contributed by atoms with Crippen LogP contribution >= 0.6 is 11.8 Å². The number of rotatable bonds is 6. The molecular formula is C28H38N4O2S. The van der Waals surface area contributed by atoms with Crippen LogP contribution in [0.15, 0.2) is 48.8 Å². The van der Waals surface area contributed by atoms with Gasteiger partial charge in [-0.3, -0.25) is 19.5 Å². The molecule has 7 heteroatoms. The highest BCUT2D eigenvalue weighted by Gasteiger charge is 2.37. The van der Waals surface area contributed by atoms with Crippen molar-refractivity contribution in [3.8, 4) is 0 Å². The smallest absolute Gasteiger partial charge is 0.248 e. The minimum Gasteiger partial charge on any atom is -0.351 e. The van der Waals surface area contributed by atoms with Crippen LogP contribution in [0, 0.1) is 0 Å². The van der Waals surface area contributed by atoms with Crippen LogP contribution in [-0.4, -0.2) is 46.9 Å². The molecule has 1 saturated carbocycles. The van der Waals surface area contributed by atoms with E-state index in [9.17, 15) is 9.59 Å². The van der Waals surface area contributed by atoms with Gasteiger partial charge in [-0.15, -0.1) is 0 Å². The third kappa shape index (κ3) is 6.44. The molecule has 0 radical (unpaired) electrons. The van der Waals surface area contributed by atoms with Crippen molar-refractivity contribution in [1.82, 2.24) is 15.6 Å². The van der Waals surface area contributed by atoms with Crippen molar-refractivity contribution >= 4 is 29.3 Å². The summed E-state index contributed by atoms with van der Waals surface area (Å²) in [5.74, 6) is 1.47. The fourth-order valence-electron chi connectivity index (χ4n) is 4.90. The molecule has 2 unspecified atom stereocenters. The van der Waals surface area contributed by atoms with Gasteiger partial charge in [0, 0.05) is 47.7 Å². The summed E-state index contributed by atoms with van der Waals surface area (Å²) in [6, 6.07) is 10.8. The van der Waals surface area contributed by atoms with Crippen molar-refractivity contribution in [1.29, 1.82) is 0 Å². The largest absolute Gasteiger partial charge is 0.351 e. The number of amides is 2. The number of nitrogens with one attached hydrogen (secondary N) is 2. The molecule has 1 aliphatic heterocycles. The molecule has 1 aromatic carbocycles. The zero-order valence-corrected chi connectivity index (χ0v) is 21.9. The van der Waals surface area contributed by atoms with Crippen molar-refractivity contribution in [2.24, 2.45) is 0 Å². The second kappa shape index (κ2) is 11.6. The topological polar surface area (TPSA) is 74.3 Å². The van der Waals surface area contributed by atoms with Crippen LogP contribution in [0.25, 0.3) is 0 Å². The minimum atomic E-state index is -0.785. The predicted octanol–water partition coefficient (Wildman–Crippen LogP) is 4.61. The summed E-state index contributed by atoms with van der Waals surface area (Å²) in [6.07, 6.45) is 8.85. The second-order valence-corrected chi connectivity index (χ2v) is 11.8. The van der Waals surface area contributed by atoms with Gasteiger partial charge in [0.2, 0.25) is 11.8 Å². The van der Waals surface area contributed by atoms with E-state index in [1.54, 1.807) is 29.1 Å². The Kier molecular flexibility index (Phi) is 8.50. The summed E-state index contributed by atoms with van der Waals surface area (Å²) < 4.78 is 0. The minimum absolute atomic E-state index is 0.00393. The van der Waals surface area contributed by atoms with E-state index in [1.807, 2.05) is 24.3 Å². The zero-order chi connectivity index (χ0) is 24.8. The number of nitrogens with zero attached hydrogens (tertiary/aromatic N) is 2. The highest BCUT2D eigenvalue weighted by atomic mass is 32.2. The number of thioether (sulfide) groups is 1.